The van der Waals surface area contributed by atoms with Gasteiger partial charge in [0.1, 0.15) is 5.82 Å². The van der Waals surface area contributed by atoms with Crippen LogP contribution < -0.4 is 4.74 Å². The summed E-state index contributed by atoms with van der Waals surface area (Å²) in [4.78, 5) is 2.42. The Balaban J connectivity index is 1.62. The third-order valence-corrected chi connectivity index (χ3v) is 5.84. The van der Waals surface area contributed by atoms with Gasteiger partial charge in [0.25, 0.3) is 0 Å². The third kappa shape index (κ3) is 2.99. The van der Waals surface area contributed by atoms with Crippen LogP contribution in [0.4, 0.5) is 8.78 Å². The lowest BCUT2D eigenvalue weighted by atomic mass is 9.79. The molecule has 3 nitrogen and oxygen atoms in total. The van der Waals surface area contributed by atoms with Gasteiger partial charge in [0.15, 0.2) is 11.6 Å². The van der Waals surface area contributed by atoms with Gasteiger partial charge in [-0.05, 0) is 37.3 Å². The maximum atomic E-state index is 14.1. The Morgan fingerprint density at radius 3 is 2.38 bits per heavy atom. The van der Waals surface area contributed by atoms with Gasteiger partial charge in [-0.1, -0.05) is 30.3 Å². The molecule has 26 heavy (non-hydrogen) atoms. The van der Waals surface area contributed by atoms with Crippen LogP contribution in [0.3, 0.4) is 0 Å². The van der Waals surface area contributed by atoms with Crippen molar-refractivity contribution in [3.8, 4) is 5.75 Å². The van der Waals surface area contributed by atoms with Crippen molar-refractivity contribution in [3.05, 3.63) is 65.2 Å². The standard InChI is InChI=1S/C21H23F2NO2/c1-26-20-18(9-15(22)10-19(20)23)21(25)11-16-7-8-17(12-21)24(16)13-14-5-3-2-4-6-14/h2-6,9-10,16-17,25H,7-8,11-13H2,1H3. The molecule has 0 aliphatic carbocycles. The van der Waals surface area contributed by atoms with Crippen LogP contribution in [-0.4, -0.2) is 29.2 Å². The van der Waals surface area contributed by atoms with Crippen molar-refractivity contribution in [2.24, 2.45) is 0 Å². The molecule has 5 heteroatoms. The number of rotatable bonds is 4. The molecule has 2 fully saturated rings. The minimum atomic E-state index is -1.27. The van der Waals surface area contributed by atoms with Crippen LogP contribution in [0, 0.1) is 11.6 Å². The van der Waals surface area contributed by atoms with Gasteiger partial charge in [-0.15, -0.1) is 0 Å². The van der Waals surface area contributed by atoms with Gasteiger partial charge in [-0.3, -0.25) is 4.90 Å². The van der Waals surface area contributed by atoms with E-state index < -0.39 is 17.2 Å². The number of ether oxygens (including phenoxy) is 1. The van der Waals surface area contributed by atoms with Gasteiger partial charge in [0.05, 0.1) is 12.7 Å². The number of nitrogens with zero attached hydrogens (tertiary/aromatic N) is 1. The van der Waals surface area contributed by atoms with E-state index in [4.69, 9.17) is 4.74 Å². The molecule has 1 N–H and O–H groups in total. The molecule has 2 unspecified atom stereocenters. The summed E-state index contributed by atoms with van der Waals surface area (Å²) >= 11 is 0. The lowest BCUT2D eigenvalue weighted by Crippen LogP contribution is -2.49. The first-order chi connectivity index (χ1) is 12.5. The lowest BCUT2D eigenvalue weighted by molar-refractivity contribution is -0.0611. The maximum absolute atomic E-state index is 14.1. The summed E-state index contributed by atoms with van der Waals surface area (Å²) in [6.45, 7) is 0.834. The quantitative estimate of drug-likeness (QED) is 0.896. The van der Waals surface area contributed by atoms with Crippen molar-refractivity contribution in [2.45, 2.75) is 49.9 Å². The molecular formula is C21H23F2NO2. The average Bonchev–Trinajstić information content (AvgIpc) is 2.86. The smallest absolute Gasteiger partial charge is 0.168 e. The maximum Gasteiger partial charge on any atom is 0.168 e. The van der Waals surface area contributed by atoms with Crippen LogP contribution in [0.1, 0.15) is 36.8 Å². The Morgan fingerprint density at radius 2 is 1.77 bits per heavy atom. The molecule has 138 valence electrons. The molecule has 2 aliphatic heterocycles. The van der Waals surface area contributed by atoms with E-state index >= 15 is 0 Å². The number of benzene rings is 2. The topological polar surface area (TPSA) is 32.7 Å². The summed E-state index contributed by atoms with van der Waals surface area (Å²) in [7, 11) is 1.35. The number of methoxy groups -OCH3 is 1. The van der Waals surface area contributed by atoms with Gasteiger partial charge < -0.3 is 9.84 Å². The molecule has 2 aliphatic rings. The predicted molar refractivity (Wildman–Crippen MR) is 94.8 cm³/mol. The summed E-state index contributed by atoms with van der Waals surface area (Å²) in [5.74, 6) is -1.51. The molecule has 2 heterocycles. The Hall–Kier alpha value is -1.98. The second-order valence-electron chi connectivity index (χ2n) is 7.45. The molecule has 2 aromatic rings. The van der Waals surface area contributed by atoms with E-state index in [0.29, 0.717) is 12.8 Å². The predicted octanol–water partition coefficient (Wildman–Crippen LogP) is 3.99. The Morgan fingerprint density at radius 1 is 1.12 bits per heavy atom. The van der Waals surface area contributed by atoms with E-state index in [-0.39, 0.29) is 23.4 Å². The number of fused-ring (bicyclic) bond motifs is 2. The Kier molecular flexibility index (Phi) is 4.45. The van der Waals surface area contributed by atoms with Gasteiger partial charge in [0, 0.05) is 30.3 Å². The molecule has 2 atom stereocenters. The second kappa shape index (κ2) is 6.63. The second-order valence-corrected chi connectivity index (χ2v) is 7.45. The summed E-state index contributed by atoms with van der Waals surface area (Å²) in [6.07, 6.45) is 2.88. The first kappa shape index (κ1) is 17.4. The van der Waals surface area contributed by atoms with E-state index in [9.17, 15) is 13.9 Å². The van der Waals surface area contributed by atoms with Gasteiger partial charge >= 0.3 is 0 Å². The zero-order valence-electron chi connectivity index (χ0n) is 14.8. The molecule has 2 bridgehead atoms. The minimum absolute atomic E-state index is 0.0511. The summed E-state index contributed by atoms with van der Waals surface area (Å²) in [6, 6.07) is 12.6. The van der Waals surface area contributed by atoms with Crippen LogP contribution in [0.15, 0.2) is 42.5 Å². The summed E-state index contributed by atoms with van der Waals surface area (Å²) < 4.78 is 33.1. The fourth-order valence-electron chi connectivity index (χ4n) is 4.70. The van der Waals surface area contributed by atoms with E-state index in [2.05, 4.69) is 17.0 Å². The fourth-order valence-corrected chi connectivity index (χ4v) is 4.70. The van der Waals surface area contributed by atoms with Crippen molar-refractivity contribution >= 4 is 0 Å². The normalized spacial score (nSPS) is 28.3. The van der Waals surface area contributed by atoms with Gasteiger partial charge in [0.2, 0.25) is 0 Å². The number of hydrogen-bond donors (Lipinski definition) is 1. The van der Waals surface area contributed by atoms with Crippen molar-refractivity contribution in [2.75, 3.05) is 7.11 Å². The van der Waals surface area contributed by atoms with Crippen molar-refractivity contribution in [1.29, 1.82) is 0 Å². The number of hydrogen-bond acceptors (Lipinski definition) is 3. The monoisotopic (exact) mass is 359 g/mol. The number of piperidine rings is 1. The summed E-state index contributed by atoms with van der Waals surface area (Å²) in [5, 5.41) is 11.3. The van der Waals surface area contributed by atoms with E-state index in [1.807, 2.05) is 18.2 Å². The highest BCUT2D eigenvalue weighted by atomic mass is 19.1. The molecule has 0 spiro atoms. The molecule has 0 radical (unpaired) electrons. The van der Waals surface area contributed by atoms with Crippen molar-refractivity contribution in [3.63, 3.8) is 0 Å². The minimum Gasteiger partial charge on any atom is -0.493 e. The largest absolute Gasteiger partial charge is 0.493 e. The van der Waals surface area contributed by atoms with Gasteiger partial charge in [-0.2, -0.15) is 0 Å². The molecule has 0 aromatic heterocycles. The molecule has 0 saturated carbocycles. The van der Waals surface area contributed by atoms with Gasteiger partial charge in [-0.25, -0.2) is 8.78 Å². The first-order valence-corrected chi connectivity index (χ1v) is 9.06. The van der Waals surface area contributed by atoms with Crippen LogP contribution in [0.5, 0.6) is 5.75 Å². The van der Waals surface area contributed by atoms with Crippen molar-refractivity contribution in [1.82, 2.24) is 4.90 Å². The van der Waals surface area contributed by atoms with E-state index in [0.717, 1.165) is 25.5 Å². The average molecular weight is 359 g/mol. The number of aliphatic hydroxyl groups is 1. The fraction of sp³-hybridized carbons (Fsp3) is 0.429. The van der Waals surface area contributed by atoms with E-state index in [1.165, 1.54) is 18.7 Å². The highest BCUT2D eigenvalue weighted by Crippen LogP contribution is 2.48. The van der Waals surface area contributed by atoms with Crippen LogP contribution in [0.25, 0.3) is 0 Å². The summed E-state index contributed by atoms with van der Waals surface area (Å²) in [5.41, 5.74) is 0.200. The molecule has 2 aromatic carbocycles. The zero-order chi connectivity index (χ0) is 18.3. The van der Waals surface area contributed by atoms with Crippen LogP contribution in [0.2, 0.25) is 0 Å². The van der Waals surface area contributed by atoms with Crippen LogP contribution in [-0.2, 0) is 12.1 Å². The molecular weight excluding hydrogens is 336 g/mol. The van der Waals surface area contributed by atoms with Crippen molar-refractivity contribution < 1.29 is 18.6 Å². The SMILES string of the molecule is COc1c(F)cc(F)cc1C1(O)CC2CCC(C1)N2Cc1ccccc1. The first-order valence-electron chi connectivity index (χ1n) is 9.06. The lowest BCUT2D eigenvalue weighted by Gasteiger charge is -2.44. The highest BCUT2D eigenvalue weighted by Gasteiger charge is 2.49. The molecule has 0 amide bonds. The Bertz CT molecular complexity index is 782. The van der Waals surface area contributed by atoms with Crippen LogP contribution >= 0.6 is 0 Å². The van der Waals surface area contributed by atoms with E-state index in [1.54, 1.807) is 0 Å². The number of halogens is 2. The molecule has 4 rings (SSSR count). The zero-order valence-corrected chi connectivity index (χ0v) is 14.8. The molecule has 2 saturated heterocycles. The highest BCUT2D eigenvalue weighted by molar-refractivity contribution is 5.41. The Labute approximate surface area is 152 Å². The third-order valence-electron chi connectivity index (χ3n) is 5.84.